The first-order valence-electron chi connectivity index (χ1n) is 11.1. The summed E-state index contributed by atoms with van der Waals surface area (Å²) in [5.74, 6) is 0.583. The second-order valence-corrected chi connectivity index (χ2v) is 9.16. The molecule has 0 aliphatic heterocycles. The van der Waals surface area contributed by atoms with E-state index >= 15 is 0 Å². The minimum atomic E-state index is -0.482. The number of thioether (sulfide) groups is 1. The Labute approximate surface area is 197 Å². The molecule has 170 valence electrons. The summed E-state index contributed by atoms with van der Waals surface area (Å²) < 4.78 is 15.5. The summed E-state index contributed by atoms with van der Waals surface area (Å²) in [7, 11) is 0. The smallest absolute Gasteiger partial charge is 0.247 e. The van der Waals surface area contributed by atoms with Crippen molar-refractivity contribution < 1.29 is 9.18 Å². The van der Waals surface area contributed by atoms with Gasteiger partial charge in [0, 0.05) is 17.6 Å². The summed E-state index contributed by atoms with van der Waals surface area (Å²) in [5, 5.41) is 3.73. The van der Waals surface area contributed by atoms with E-state index in [1.54, 1.807) is 12.3 Å². The number of carbonyl (C=O) groups excluding carboxylic acids is 1. The number of imidazole rings is 1. The number of rotatable bonds is 8. The Kier molecular flexibility index (Phi) is 7.08. The molecule has 2 heterocycles. The highest BCUT2D eigenvalue weighted by Crippen LogP contribution is 2.31. The van der Waals surface area contributed by atoms with E-state index in [1.807, 2.05) is 54.0 Å². The molecule has 0 aliphatic carbocycles. The average Bonchev–Trinajstić information content (AvgIpc) is 3.17. The van der Waals surface area contributed by atoms with Gasteiger partial charge in [0.2, 0.25) is 5.91 Å². The van der Waals surface area contributed by atoms with Gasteiger partial charge in [0.05, 0.1) is 0 Å². The van der Waals surface area contributed by atoms with Gasteiger partial charge in [-0.05, 0) is 59.9 Å². The third kappa shape index (κ3) is 5.25. The average molecular weight is 463 g/mol. The van der Waals surface area contributed by atoms with E-state index in [-0.39, 0.29) is 11.7 Å². The number of pyridine rings is 1. The molecule has 1 atom stereocenters. The molecule has 0 spiro atoms. The van der Waals surface area contributed by atoms with E-state index in [0.29, 0.717) is 28.9 Å². The minimum absolute atomic E-state index is 0.118. The fourth-order valence-electron chi connectivity index (χ4n) is 3.73. The highest BCUT2D eigenvalue weighted by atomic mass is 32.2. The van der Waals surface area contributed by atoms with Crippen molar-refractivity contribution in [3.63, 3.8) is 0 Å². The van der Waals surface area contributed by atoms with Crippen LogP contribution in [0.4, 0.5) is 10.1 Å². The van der Waals surface area contributed by atoms with Gasteiger partial charge in [-0.3, -0.25) is 9.36 Å². The summed E-state index contributed by atoms with van der Waals surface area (Å²) in [5.41, 5.74) is 4.23. The normalized spacial score (nSPS) is 12.3. The van der Waals surface area contributed by atoms with Crippen LogP contribution in [0.2, 0.25) is 0 Å². The summed E-state index contributed by atoms with van der Waals surface area (Å²) in [6.45, 7) is 6.25. The Morgan fingerprint density at radius 2 is 1.91 bits per heavy atom. The number of fused-ring (bicyclic) bond motifs is 1. The third-order valence-corrected chi connectivity index (χ3v) is 6.54. The number of benzene rings is 2. The zero-order valence-electron chi connectivity index (χ0n) is 19.0. The zero-order valence-corrected chi connectivity index (χ0v) is 19.8. The van der Waals surface area contributed by atoms with Crippen LogP contribution in [0.5, 0.6) is 0 Å². The van der Waals surface area contributed by atoms with Crippen LogP contribution < -0.4 is 5.32 Å². The van der Waals surface area contributed by atoms with Crippen molar-refractivity contribution in [1.82, 2.24) is 14.5 Å². The van der Waals surface area contributed by atoms with E-state index in [9.17, 15) is 9.18 Å². The fraction of sp³-hybridized carbons (Fsp3) is 0.269. The number of carbonyl (C=O) groups is 1. The van der Waals surface area contributed by atoms with Gasteiger partial charge in [0.25, 0.3) is 0 Å². The van der Waals surface area contributed by atoms with Crippen LogP contribution in [0.3, 0.4) is 0 Å². The quantitative estimate of drug-likeness (QED) is 0.301. The predicted molar refractivity (Wildman–Crippen MR) is 132 cm³/mol. The Balaban J connectivity index is 1.62. The summed E-state index contributed by atoms with van der Waals surface area (Å²) in [6.07, 6.45) is 2.28. The molecule has 4 aromatic rings. The first-order valence-corrected chi connectivity index (χ1v) is 12.1. The van der Waals surface area contributed by atoms with Crippen molar-refractivity contribution in [2.75, 3.05) is 5.32 Å². The standard InChI is InChI=1S/C26H27FN4OS/c1-4-23(25(32)29-21-12-10-19(11-13-21)17(2)3)31-24-22(9-6-14-28-24)30-26(31)33-16-18-7-5-8-20(27)15-18/h5-15,17,23H,4,16H2,1-3H3,(H,29,32)/t23-/m1/s1. The van der Waals surface area contributed by atoms with E-state index in [2.05, 4.69) is 24.1 Å². The minimum Gasteiger partial charge on any atom is -0.324 e. The van der Waals surface area contributed by atoms with Crippen LogP contribution in [0.1, 0.15) is 50.3 Å². The molecule has 0 radical (unpaired) electrons. The lowest BCUT2D eigenvalue weighted by molar-refractivity contribution is -0.119. The van der Waals surface area contributed by atoms with Crippen molar-refractivity contribution in [3.05, 3.63) is 83.8 Å². The Morgan fingerprint density at radius 1 is 1.12 bits per heavy atom. The lowest BCUT2D eigenvalue weighted by Gasteiger charge is -2.19. The van der Waals surface area contributed by atoms with Gasteiger partial charge in [0.1, 0.15) is 17.4 Å². The molecular formula is C26H27FN4OS. The van der Waals surface area contributed by atoms with E-state index < -0.39 is 6.04 Å². The van der Waals surface area contributed by atoms with Gasteiger partial charge in [-0.1, -0.05) is 56.8 Å². The molecule has 2 aromatic carbocycles. The Morgan fingerprint density at radius 3 is 2.61 bits per heavy atom. The highest BCUT2D eigenvalue weighted by Gasteiger charge is 2.25. The SMILES string of the molecule is CC[C@H](C(=O)Nc1ccc(C(C)C)cc1)n1c(SCc2cccc(F)c2)nc2cccnc21. The van der Waals surface area contributed by atoms with Crippen molar-refractivity contribution in [2.24, 2.45) is 0 Å². The van der Waals surface area contributed by atoms with E-state index in [4.69, 9.17) is 4.98 Å². The topological polar surface area (TPSA) is 59.8 Å². The molecule has 0 saturated carbocycles. The van der Waals surface area contributed by atoms with Gasteiger partial charge >= 0.3 is 0 Å². The monoisotopic (exact) mass is 462 g/mol. The van der Waals surface area contributed by atoms with Crippen molar-refractivity contribution in [1.29, 1.82) is 0 Å². The van der Waals surface area contributed by atoms with Crippen molar-refractivity contribution in [3.8, 4) is 0 Å². The van der Waals surface area contributed by atoms with Gasteiger partial charge in [-0.25, -0.2) is 14.4 Å². The number of hydrogen-bond acceptors (Lipinski definition) is 4. The molecular weight excluding hydrogens is 435 g/mol. The second kappa shape index (κ2) is 10.2. The maximum absolute atomic E-state index is 13.6. The maximum atomic E-state index is 13.6. The molecule has 0 unspecified atom stereocenters. The van der Waals surface area contributed by atoms with Crippen molar-refractivity contribution >= 4 is 34.5 Å². The van der Waals surface area contributed by atoms with Crippen LogP contribution in [-0.4, -0.2) is 20.4 Å². The lowest BCUT2D eigenvalue weighted by atomic mass is 10.0. The number of nitrogens with one attached hydrogen (secondary N) is 1. The van der Waals surface area contributed by atoms with E-state index in [1.165, 1.54) is 29.5 Å². The van der Waals surface area contributed by atoms with Crippen LogP contribution in [0.25, 0.3) is 11.2 Å². The largest absolute Gasteiger partial charge is 0.324 e. The molecule has 2 aromatic heterocycles. The molecule has 0 fully saturated rings. The van der Waals surface area contributed by atoms with Crippen LogP contribution in [0, 0.1) is 5.82 Å². The van der Waals surface area contributed by atoms with Gasteiger partial charge < -0.3 is 5.32 Å². The number of amides is 1. The number of anilines is 1. The zero-order chi connectivity index (χ0) is 23.4. The van der Waals surface area contributed by atoms with Gasteiger partial charge in [-0.2, -0.15) is 0 Å². The third-order valence-electron chi connectivity index (χ3n) is 5.52. The molecule has 0 bridgehead atoms. The van der Waals surface area contributed by atoms with E-state index in [0.717, 1.165) is 16.8 Å². The second-order valence-electron chi connectivity index (χ2n) is 8.22. The number of nitrogens with zero attached hydrogens (tertiary/aromatic N) is 3. The van der Waals surface area contributed by atoms with Gasteiger partial charge in [-0.15, -0.1) is 0 Å². The Bertz CT molecular complexity index is 1250. The maximum Gasteiger partial charge on any atom is 0.247 e. The fourth-order valence-corrected chi connectivity index (χ4v) is 4.72. The molecule has 33 heavy (non-hydrogen) atoms. The molecule has 4 rings (SSSR count). The number of aromatic nitrogens is 3. The summed E-state index contributed by atoms with van der Waals surface area (Å²) in [4.78, 5) is 22.6. The summed E-state index contributed by atoms with van der Waals surface area (Å²) in [6, 6.07) is 17.7. The highest BCUT2D eigenvalue weighted by molar-refractivity contribution is 7.98. The Hall–Kier alpha value is -3.19. The molecule has 1 N–H and O–H groups in total. The molecule has 7 heteroatoms. The first-order chi connectivity index (χ1) is 16.0. The molecule has 5 nitrogen and oxygen atoms in total. The first kappa shape index (κ1) is 23.0. The summed E-state index contributed by atoms with van der Waals surface area (Å²) >= 11 is 1.47. The van der Waals surface area contributed by atoms with Gasteiger partial charge in [0.15, 0.2) is 10.8 Å². The molecule has 1 amide bonds. The number of halogens is 1. The molecule has 0 saturated heterocycles. The van der Waals surface area contributed by atoms with Crippen LogP contribution >= 0.6 is 11.8 Å². The van der Waals surface area contributed by atoms with Crippen molar-refractivity contribution in [2.45, 2.75) is 50.1 Å². The lowest BCUT2D eigenvalue weighted by Crippen LogP contribution is -2.26. The van der Waals surface area contributed by atoms with Crippen LogP contribution in [0.15, 0.2) is 72.0 Å². The number of hydrogen-bond donors (Lipinski definition) is 1. The molecule has 0 aliphatic rings. The predicted octanol–water partition coefficient (Wildman–Crippen LogP) is 6.58. The van der Waals surface area contributed by atoms with Crippen LogP contribution in [-0.2, 0) is 10.5 Å².